The van der Waals surface area contributed by atoms with Crippen LogP contribution in [0.3, 0.4) is 0 Å². The van der Waals surface area contributed by atoms with E-state index < -0.39 is 0 Å². The Kier molecular flexibility index (Phi) is 6.74. The van der Waals surface area contributed by atoms with Crippen LogP contribution in [-0.4, -0.2) is 49.5 Å². The maximum atomic E-state index is 9.99. The standard InChI is InChI=1S/C21H33NO3/c1-24-14-12-21(17-23)11-6-13-22(16-21)15-18-7-2-5-10-20(18)25-19-8-3-4-9-19/h2,5,7,10,19,23H,3-4,6,8-9,11-17H2,1H3. The highest BCUT2D eigenvalue weighted by Gasteiger charge is 2.34. The number of methoxy groups -OCH3 is 1. The maximum absolute atomic E-state index is 9.99. The number of nitrogens with zero attached hydrogens (tertiary/aromatic N) is 1. The number of ether oxygens (including phenoxy) is 2. The molecule has 1 aliphatic carbocycles. The molecule has 4 heteroatoms. The summed E-state index contributed by atoms with van der Waals surface area (Å²) < 4.78 is 11.6. The van der Waals surface area contributed by atoms with Gasteiger partial charge in [0.15, 0.2) is 0 Å². The van der Waals surface area contributed by atoms with Crippen molar-refractivity contribution in [2.45, 2.75) is 57.6 Å². The molecule has 1 saturated heterocycles. The third-order valence-electron chi connectivity index (χ3n) is 5.87. The highest BCUT2D eigenvalue weighted by Crippen LogP contribution is 2.35. The van der Waals surface area contributed by atoms with Crippen LogP contribution in [0.2, 0.25) is 0 Å². The van der Waals surface area contributed by atoms with Crippen molar-refractivity contribution in [3.05, 3.63) is 29.8 Å². The molecule has 1 aromatic rings. The summed E-state index contributed by atoms with van der Waals surface area (Å²) in [5.41, 5.74) is 1.25. The molecule has 4 nitrogen and oxygen atoms in total. The van der Waals surface area contributed by atoms with Gasteiger partial charge < -0.3 is 14.6 Å². The predicted octanol–water partition coefficient (Wildman–Crippen LogP) is 3.62. The van der Waals surface area contributed by atoms with E-state index in [4.69, 9.17) is 9.47 Å². The van der Waals surface area contributed by atoms with Gasteiger partial charge in [0.25, 0.3) is 0 Å². The summed E-state index contributed by atoms with van der Waals surface area (Å²) in [6.07, 6.45) is 8.48. The van der Waals surface area contributed by atoms with Crippen molar-refractivity contribution in [3.63, 3.8) is 0 Å². The van der Waals surface area contributed by atoms with Crippen molar-refractivity contribution in [2.24, 2.45) is 5.41 Å². The molecule has 0 spiro atoms. The third-order valence-corrected chi connectivity index (χ3v) is 5.87. The second kappa shape index (κ2) is 9.02. The van der Waals surface area contributed by atoms with Crippen LogP contribution in [0.25, 0.3) is 0 Å². The Morgan fingerprint density at radius 3 is 2.76 bits per heavy atom. The molecule has 3 rings (SSSR count). The molecular formula is C21H33NO3. The summed E-state index contributed by atoms with van der Waals surface area (Å²) >= 11 is 0. The van der Waals surface area contributed by atoms with E-state index in [0.29, 0.717) is 6.10 Å². The number of hydrogen-bond acceptors (Lipinski definition) is 4. The van der Waals surface area contributed by atoms with Crippen LogP contribution in [0.15, 0.2) is 24.3 Å². The molecule has 1 atom stereocenters. The molecule has 0 bridgehead atoms. The Morgan fingerprint density at radius 2 is 2.00 bits per heavy atom. The molecule has 0 radical (unpaired) electrons. The molecule has 140 valence electrons. The maximum Gasteiger partial charge on any atom is 0.124 e. The van der Waals surface area contributed by atoms with Crippen LogP contribution in [-0.2, 0) is 11.3 Å². The highest BCUT2D eigenvalue weighted by atomic mass is 16.5. The van der Waals surface area contributed by atoms with Crippen molar-refractivity contribution in [1.29, 1.82) is 0 Å². The minimum Gasteiger partial charge on any atom is -0.490 e. The summed E-state index contributed by atoms with van der Waals surface area (Å²) in [5.74, 6) is 1.05. The molecule has 25 heavy (non-hydrogen) atoms. The van der Waals surface area contributed by atoms with Crippen molar-refractivity contribution in [1.82, 2.24) is 4.90 Å². The lowest BCUT2D eigenvalue weighted by Gasteiger charge is -2.42. The molecule has 0 amide bonds. The number of benzene rings is 1. The van der Waals surface area contributed by atoms with Gasteiger partial charge in [0, 0.05) is 37.8 Å². The molecular weight excluding hydrogens is 314 g/mol. The fourth-order valence-corrected chi connectivity index (χ4v) is 4.35. The van der Waals surface area contributed by atoms with E-state index in [1.165, 1.54) is 31.2 Å². The summed E-state index contributed by atoms with van der Waals surface area (Å²) in [4.78, 5) is 2.48. The number of aliphatic hydroxyl groups is 1. The van der Waals surface area contributed by atoms with Crippen LogP contribution in [0.5, 0.6) is 5.75 Å². The predicted molar refractivity (Wildman–Crippen MR) is 99.8 cm³/mol. The van der Waals surface area contributed by atoms with Gasteiger partial charge in [0.05, 0.1) is 12.7 Å². The Hall–Kier alpha value is -1.10. The Morgan fingerprint density at radius 1 is 1.20 bits per heavy atom. The second-order valence-electron chi connectivity index (χ2n) is 7.85. The Balaban J connectivity index is 1.65. The SMILES string of the molecule is COCCC1(CO)CCCN(Cc2ccccc2OC2CCCC2)C1. The van der Waals surface area contributed by atoms with E-state index in [9.17, 15) is 5.11 Å². The molecule has 2 fully saturated rings. The molecule has 1 aromatic carbocycles. The summed E-state index contributed by atoms with van der Waals surface area (Å²) in [6.45, 7) is 3.89. The number of likely N-dealkylation sites (tertiary alicyclic amines) is 1. The Bertz CT molecular complexity index is 530. The fourth-order valence-electron chi connectivity index (χ4n) is 4.35. The van der Waals surface area contributed by atoms with Crippen molar-refractivity contribution >= 4 is 0 Å². The quantitative estimate of drug-likeness (QED) is 0.780. The lowest BCUT2D eigenvalue weighted by atomic mass is 9.78. The van der Waals surface area contributed by atoms with Gasteiger partial charge in [-0.05, 0) is 57.6 Å². The molecule has 2 aliphatic rings. The van der Waals surface area contributed by atoms with Crippen LogP contribution in [0, 0.1) is 5.41 Å². The zero-order valence-corrected chi connectivity index (χ0v) is 15.6. The third kappa shape index (κ3) is 4.96. The smallest absolute Gasteiger partial charge is 0.124 e. The lowest BCUT2D eigenvalue weighted by molar-refractivity contribution is 0.00441. The number of aliphatic hydroxyl groups excluding tert-OH is 1. The molecule has 1 saturated carbocycles. The molecule has 1 N–H and O–H groups in total. The highest BCUT2D eigenvalue weighted by molar-refractivity contribution is 5.33. The van der Waals surface area contributed by atoms with Gasteiger partial charge in [-0.1, -0.05) is 18.2 Å². The zero-order valence-electron chi connectivity index (χ0n) is 15.6. The summed E-state index contributed by atoms with van der Waals surface area (Å²) in [7, 11) is 1.74. The van der Waals surface area contributed by atoms with Gasteiger partial charge in [0.2, 0.25) is 0 Å². The van der Waals surface area contributed by atoms with Crippen molar-refractivity contribution in [2.75, 3.05) is 33.4 Å². The summed E-state index contributed by atoms with van der Waals surface area (Å²) in [5, 5.41) is 9.99. The van der Waals surface area contributed by atoms with Crippen LogP contribution < -0.4 is 4.74 Å². The number of hydrogen-bond donors (Lipinski definition) is 1. The monoisotopic (exact) mass is 347 g/mol. The lowest BCUT2D eigenvalue weighted by Crippen LogP contribution is -2.45. The Labute approximate surface area is 152 Å². The molecule has 1 aliphatic heterocycles. The fraction of sp³-hybridized carbons (Fsp3) is 0.714. The topological polar surface area (TPSA) is 41.9 Å². The van der Waals surface area contributed by atoms with Gasteiger partial charge >= 0.3 is 0 Å². The minimum atomic E-state index is -0.0183. The number of para-hydroxylation sites is 1. The van der Waals surface area contributed by atoms with Gasteiger partial charge in [-0.15, -0.1) is 0 Å². The number of rotatable bonds is 8. The van der Waals surface area contributed by atoms with E-state index in [0.717, 1.165) is 51.3 Å². The number of piperidine rings is 1. The van der Waals surface area contributed by atoms with Crippen LogP contribution in [0.4, 0.5) is 0 Å². The molecule has 0 aromatic heterocycles. The van der Waals surface area contributed by atoms with E-state index in [1.54, 1.807) is 7.11 Å². The zero-order chi connectivity index (χ0) is 17.5. The second-order valence-corrected chi connectivity index (χ2v) is 7.85. The normalized spacial score (nSPS) is 25.4. The van der Waals surface area contributed by atoms with E-state index >= 15 is 0 Å². The van der Waals surface area contributed by atoms with Gasteiger partial charge in [-0.2, -0.15) is 0 Å². The van der Waals surface area contributed by atoms with Crippen LogP contribution >= 0.6 is 0 Å². The van der Waals surface area contributed by atoms with Crippen molar-refractivity contribution < 1.29 is 14.6 Å². The minimum absolute atomic E-state index is 0.0183. The average molecular weight is 347 g/mol. The van der Waals surface area contributed by atoms with E-state index in [2.05, 4.69) is 29.2 Å². The van der Waals surface area contributed by atoms with Crippen molar-refractivity contribution in [3.8, 4) is 5.75 Å². The van der Waals surface area contributed by atoms with Crippen LogP contribution in [0.1, 0.15) is 50.5 Å². The first kappa shape index (κ1) is 18.7. The first-order valence-electron chi connectivity index (χ1n) is 9.81. The average Bonchev–Trinajstić information content (AvgIpc) is 3.15. The molecule has 1 unspecified atom stereocenters. The van der Waals surface area contributed by atoms with E-state index in [1.807, 2.05) is 0 Å². The van der Waals surface area contributed by atoms with Gasteiger partial charge in [-0.25, -0.2) is 0 Å². The first-order valence-corrected chi connectivity index (χ1v) is 9.81. The molecule has 1 heterocycles. The van der Waals surface area contributed by atoms with Gasteiger partial charge in [0.1, 0.15) is 5.75 Å². The van der Waals surface area contributed by atoms with Gasteiger partial charge in [-0.3, -0.25) is 4.90 Å². The van der Waals surface area contributed by atoms with E-state index in [-0.39, 0.29) is 12.0 Å². The summed E-state index contributed by atoms with van der Waals surface area (Å²) in [6, 6.07) is 8.47. The largest absolute Gasteiger partial charge is 0.490 e. The first-order chi connectivity index (χ1) is 12.2.